The Bertz CT molecular complexity index is 1170. The summed E-state index contributed by atoms with van der Waals surface area (Å²) in [6, 6.07) is 20.0. The molecule has 1 aliphatic rings. The third-order valence-electron chi connectivity index (χ3n) is 6.07. The van der Waals surface area contributed by atoms with Crippen LogP contribution < -0.4 is 10.1 Å². The molecule has 0 spiro atoms. The number of hydrogen-bond acceptors (Lipinski definition) is 3. The summed E-state index contributed by atoms with van der Waals surface area (Å²) in [5.41, 5.74) is 3.24. The normalized spacial score (nSPS) is 13.9. The van der Waals surface area contributed by atoms with E-state index in [9.17, 15) is 19.1 Å². The molecule has 0 saturated heterocycles. The molecule has 33 heavy (non-hydrogen) atoms. The topological polar surface area (TPSA) is 75.6 Å². The second-order valence-electron chi connectivity index (χ2n) is 8.51. The Kier molecular flexibility index (Phi) is 6.45. The first-order valence-corrected chi connectivity index (χ1v) is 10.9. The molecule has 0 radical (unpaired) electrons. The van der Waals surface area contributed by atoms with Crippen molar-refractivity contribution < 1.29 is 23.8 Å². The quantitative estimate of drug-likeness (QED) is 0.535. The van der Waals surface area contributed by atoms with Crippen LogP contribution in [0, 0.1) is 6.92 Å². The predicted octanol–water partition coefficient (Wildman–Crippen LogP) is 4.44. The number of ether oxygens (including phenoxy) is 1. The van der Waals surface area contributed by atoms with Crippen LogP contribution in [0.25, 0.3) is 0 Å². The van der Waals surface area contributed by atoms with Gasteiger partial charge in [-0.15, -0.1) is 0 Å². The number of carboxylic acids is 1. The lowest BCUT2D eigenvalue weighted by Gasteiger charge is -2.25. The van der Waals surface area contributed by atoms with E-state index in [2.05, 4.69) is 11.4 Å². The monoisotopic (exact) mass is 447 g/mol. The fourth-order valence-corrected chi connectivity index (χ4v) is 4.28. The van der Waals surface area contributed by atoms with Crippen molar-refractivity contribution in [3.63, 3.8) is 0 Å². The Balaban J connectivity index is 1.49. The smallest absolute Gasteiger partial charge is 0.330 e. The van der Waals surface area contributed by atoms with Crippen LogP contribution in [-0.4, -0.2) is 29.1 Å². The average molecular weight is 448 g/mol. The molecule has 0 aliphatic heterocycles. The number of amides is 1. The molecular weight excluding hydrogens is 421 g/mol. The maximum atomic E-state index is 13.5. The third-order valence-corrected chi connectivity index (χ3v) is 6.07. The molecule has 0 unspecified atom stereocenters. The lowest BCUT2D eigenvalue weighted by molar-refractivity contribution is -0.144. The van der Waals surface area contributed by atoms with E-state index >= 15 is 0 Å². The Labute approximate surface area is 192 Å². The molecule has 0 aromatic heterocycles. The maximum absolute atomic E-state index is 13.5. The summed E-state index contributed by atoms with van der Waals surface area (Å²) in [5.74, 6) is -1.32. The Morgan fingerprint density at radius 2 is 1.76 bits per heavy atom. The van der Waals surface area contributed by atoms with Crippen molar-refractivity contribution in [3.05, 3.63) is 100 Å². The van der Waals surface area contributed by atoms with Crippen LogP contribution in [0.4, 0.5) is 4.39 Å². The summed E-state index contributed by atoms with van der Waals surface area (Å²) >= 11 is 0. The first-order valence-electron chi connectivity index (χ1n) is 10.9. The second kappa shape index (κ2) is 9.45. The fourth-order valence-electron chi connectivity index (χ4n) is 4.28. The third kappa shape index (κ3) is 4.90. The van der Waals surface area contributed by atoms with E-state index < -0.39 is 24.1 Å². The lowest BCUT2D eigenvalue weighted by atomic mass is 9.95. The molecule has 3 aromatic rings. The van der Waals surface area contributed by atoms with Gasteiger partial charge in [-0.05, 0) is 35.7 Å². The van der Waals surface area contributed by atoms with Gasteiger partial charge < -0.3 is 15.2 Å². The van der Waals surface area contributed by atoms with Gasteiger partial charge in [-0.2, -0.15) is 0 Å². The molecule has 4 rings (SSSR count). The predicted molar refractivity (Wildman–Crippen MR) is 123 cm³/mol. The second-order valence-corrected chi connectivity index (χ2v) is 8.51. The Morgan fingerprint density at radius 3 is 2.39 bits per heavy atom. The number of carbonyl (C=O) groups excluding carboxylic acids is 1. The minimum absolute atomic E-state index is 0.215. The van der Waals surface area contributed by atoms with E-state index in [0.29, 0.717) is 18.6 Å². The van der Waals surface area contributed by atoms with Crippen molar-refractivity contribution in [2.75, 3.05) is 6.61 Å². The lowest BCUT2D eigenvalue weighted by Crippen LogP contribution is -2.55. The highest BCUT2D eigenvalue weighted by Crippen LogP contribution is 2.31. The number of alkyl halides is 1. The van der Waals surface area contributed by atoms with Crippen LogP contribution in [0.15, 0.2) is 66.7 Å². The molecule has 0 bridgehead atoms. The number of hydrogen-bond donors (Lipinski definition) is 2. The number of nitrogens with one attached hydrogen (secondary N) is 1. The molecule has 1 amide bonds. The number of carboxylic acid groups (broad SMARTS) is 1. The summed E-state index contributed by atoms with van der Waals surface area (Å²) in [4.78, 5) is 25.2. The first kappa shape index (κ1) is 22.5. The van der Waals surface area contributed by atoms with Gasteiger partial charge in [0.05, 0.1) is 6.61 Å². The zero-order chi connectivity index (χ0) is 23.4. The van der Waals surface area contributed by atoms with Crippen LogP contribution in [0.2, 0.25) is 0 Å². The van der Waals surface area contributed by atoms with Crippen molar-refractivity contribution in [3.8, 4) is 5.75 Å². The summed E-state index contributed by atoms with van der Waals surface area (Å²) in [5, 5.41) is 12.6. The molecule has 1 aliphatic carbocycles. The van der Waals surface area contributed by atoms with Crippen molar-refractivity contribution in [2.24, 2.45) is 0 Å². The highest BCUT2D eigenvalue weighted by Gasteiger charge is 2.45. The minimum atomic E-state index is -1.41. The van der Waals surface area contributed by atoms with E-state index in [1.807, 2.05) is 49.4 Å². The van der Waals surface area contributed by atoms with Crippen LogP contribution in [0.3, 0.4) is 0 Å². The van der Waals surface area contributed by atoms with E-state index in [4.69, 9.17) is 4.74 Å². The highest BCUT2D eigenvalue weighted by atomic mass is 19.1. The molecule has 170 valence electrons. The van der Waals surface area contributed by atoms with Crippen LogP contribution in [-0.2, 0) is 30.7 Å². The van der Waals surface area contributed by atoms with Gasteiger partial charge in [-0.3, -0.25) is 4.79 Å². The average Bonchev–Trinajstić information content (AvgIpc) is 3.18. The van der Waals surface area contributed by atoms with Gasteiger partial charge in [0, 0.05) is 30.4 Å². The standard InChI is InChI=1S/C27H26FNO4/c1-18-5-4-6-19(13-18)11-12-33-24-14-20(9-10-23(24)17-28)25(30)29-27(26(31)32)15-21-7-2-3-8-22(21)16-27/h2-10,13-14H,11-12,15-17H2,1H3,(H,29,30)(H,31,32). The van der Waals surface area contributed by atoms with Crippen molar-refractivity contribution in [2.45, 2.75) is 38.4 Å². The number of aliphatic carboxylic acids is 1. The zero-order valence-corrected chi connectivity index (χ0v) is 18.4. The van der Waals surface area contributed by atoms with Gasteiger partial charge in [0.25, 0.3) is 5.91 Å². The van der Waals surface area contributed by atoms with Gasteiger partial charge in [0.2, 0.25) is 0 Å². The molecule has 0 fully saturated rings. The molecule has 6 heteroatoms. The van der Waals surface area contributed by atoms with Gasteiger partial charge in [0.15, 0.2) is 0 Å². The fraction of sp³-hybridized carbons (Fsp3) is 0.259. The molecule has 2 N–H and O–H groups in total. The van der Waals surface area contributed by atoms with Crippen LogP contribution in [0.5, 0.6) is 5.75 Å². The number of fused-ring (bicyclic) bond motifs is 1. The molecule has 3 aromatic carbocycles. The number of halogens is 1. The van der Waals surface area contributed by atoms with E-state index in [0.717, 1.165) is 22.3 Å². The minimum Gasteiger partial charge on any atom is -0.493 e. The summed E-state index contributed by atoms with van der Waals surface area (Å²) in [6.07, 6.45) is 1.07. The molecule has 0 saturated carbocycles. The maximum Gasteiger partial charge on any atom is 0.330 e. The zero-order valence-electron chi connectivity index (χ0n) is 18.4. The van der Waals surface area contributed by atoms with Gasteiger partial charge in [-0.1, -0.05) is 60.2 Å². The van der Waals surface area contributed by atoms with Crippen LogP contribution >= 0.6 is 0 Å². The Morgan fingerprint density at radius 1 is 1.03 bits per heavy atom. The Hall–Kier alpha value is -3.67. The van der Waals surface area contributed by atoms with Crippen molar-refractivity contribution in [1.29, 1.82) is 0 Å². The van der Waals surface area contributed by atoms with E-state index in [-0.39, 0.29) is 24.2 Å². The molecule has 5 nitrogen and oxygen atoms in total. The molecule has 0 heterocycles. The summed E-state index contributed by atoms with van der Waals surface area (Å²) < 4.78 is 19.3. The number of rotatable bonds is 8. The van der Waals surface area contributed by atoms with Gasteiger partial charge in [0.1, 0.15) is 18.0 Å². The molecule has 0 atom stereocenters. The number of carbonyl (C=O) groups is 2. The summed E-state index contributed by atoms with van der Waals surface area (Å²) in [6.45, 7) is 1.62. The number of aryl methyl sites for hydroxylation is 1. The van der Waals surface area contributed by atoms with Crippen molar-refractivity contribution >= 4 is 11.9 Å². The highest BCUT2D eigenvalue weighted by molar-refractivity contribution is 5.98. The summed E-state index contributed by atoms with van der Waals surface area (Å²) in [7, 11) is 0. The van der Waals surface area contributed by atoms with Crippen LogP contribution in [0.1, 0.15) is 38.2 Å². The largest absolute Gasteiger partial charge is 0.493 e. The van der Waals surface area contributed by atoms with E-state index in [1.54, 1.807) is 0 Å². The van der Waals surface area contributed by atoms with E-state index in [1.165, 1.54) is 18.2 Å². The van der Waals surface area contributed by atoms with Gasteiger partial charge in [-0.25, -0.2) is 9.18 Å². The van der Waals surface area contributed by atoms with Gasteiger partial charge >= 0.3 is 5.97 Å². The number of benzene rings is 3. The SMILES string of the molecule is Cc1cccc(CCOc2cc(C(=O)NC3(C(=O)O)Cc4ccccc4C3)ccc2CF)c1. The first-order chi connectivity index (χ1) is 15.9. The van der Waals surface area contributed by atoms with Crippen molar-refractivity contribution in [1.82, 2.24) is 5.32 Å². The molecular formula is C27H26FNO4.